The van der Waals surface area contributed by atoms with Gasteiger partial charge in [0.25, 0.3) is 0 Å². The monoisotopic (exact) mass is 289 g/mol. The molecular weight excluding hydrogens is 270 g/mol. The number of aliphatic hydroxyl groups excluding tert-OH is 1. The molecule has 2 aromatic heterocycles. The molecule has 1 fully saturated rings. The van der Waals surface area contributed by atoms with E-state index in [2.05, 4.69) is 24.8 Å². The summed E-state index contributed by atoms with van der Waals surface area (Å²) < 4.78 is 1.78. The molecule has 3 heterocycles. The second kappa shape index (κ2) is 6.06. The number of anilines is 2. The number of aliphatic hydroxyl groups is 1. The Balaban J connectivity index is 1.79. The molecule has 0 aliphatic carbocycles. The largest absolute Gasteiger partial charge is 0.395 e. The Kier molecular flexibility index (Phi) is 3.98. The molecule has 1 aliphatic heterocycles. The highest BCUT2D eigenvalue weighted by Gasteiger charge is 2.21. The number of rotatable bonds is 4. The van der Waals surface area contributed by atoms with Crippen molar-refractivity contribution in [1.82, 2.24) is 24.4 Å². The number of β-amino-alcohol motifs (C(OH)–C–C–N with tert-alkyl or cyclic N) is 1. The minimum Gasteiger partial charge on any atom is -0.395 e. The van der Waals surface area contributed by atoms with E-state index in [9.17, 15) is 0 Å². The van der Waals surface area contributed by atoms with Gasteiger partial charge in [-0.15, -0.1) is 0 Å². The average molecular weight is 289 g/mol. The summed E-state index contributed by atoms with van der Waals surface area (Å²) in [4.78, 5) is 17.0. The van der Waals surface area contributed by atoms with Crippen molar-refractivity contribution in [3.63, 3.8) is 0 Å². The number of hydrogen-bond donors (Lipinski definition) is 2. The highest BCUT2D eigenvalue weighted by atomic mass is 16.3. The van der Waals surface area contributed by atoms with Gasteiger partial charge in [0.15, 0.2) is 11.6 Å². The Morgan fingerprint density at radius 1 is 1.14 bits per heavy atom. The Morgan fingerprint density at radius 2 is 1.90 bits per heavy atom. The lowest BCUT2D eigenvalue weighted by molar-refractivity contribution is 0.188. The first kappa shape index (κ1) is 13.8. The van der Waals surface area contributed by atoms with Crippen molar-refractivity contribution in [2.45, 2.75) is 0 Å². The lowest BCUT2D eigenvalue weighted by Crippen LogP contribution is -2.47. The fourth-order valence-electron chi connectivity index (χ4n) is 2.54. The van der Waals surface area contributed by atoms with Gasteiger partial charge in [0.1, 0.15) is 18.3 Å². The van der Waals surface area contributed by atoms with Crippen molar-refractivity contribution in [1.29, 1.82) is 0 Å². The van der Waals surface area contributed by atoms with Gasteiger partial charge >= 0.3 is 0 Å². The molecule has 0 bridgehead atoms. The Bertz CT molecular complexity index is 578. The average Bonchev–Trinajstić information content (AvgIpc) is 3.03. The van der Waals surface area contributed by atoms with E-state index in [0.717, 1.165) is 32.0 Å². The van der Waals surface area contributed by atoms with Gasteiger partial charge in [-0.05, 0) is 0 Å². The second-order valence-electron chi connectivity index (χ2n) is 4.96. The standard InChI is InChI=1S/C13H19N7O/c14-11-12(19-5-3-18(4-6-19)7-8-21)16-9-17-13(11)20-2-1-15-10-20/h1-2,9-10,21H,3-8,14H2. The first-order valence-electron chi connectivity index (χ1n) is 6.96. The molecule has 0 saturated carbocycles. The van der Waals surface area contributed by atoms with Crippen LogP contribution in [0, 0.1) is 0 Å². The third-order valence-corrected chi connectivity index (χ3v) is 3.68. The minimum absolute atomic E-state index is 0.195. The summed E-state index contributed by atoms with van der Waals surface area (Å²) in [5, 5.41) is 8.98. The maximum atomic E-state index is 8.98. The van der Waals surface area contributed by atoms with E-state index in [0.29, 0.717) is 18.1 Å². The highest BCUT2D eigenvalue weighted by molar-refractivity contribution is 5.70. The van der Waals surface area contributed by atoms with Gasteiger partial charge in [-0.3, -0.25) is 9.47 Å². The number of imidazole rings is 1. The summed E-state index contributed by atoms with van der Waals surface area (Å²) >= 11 is 0. The van der Waals surface area contributed by atoms with Gasteiger partial charge in [0.05, 0.1) is 6.61 Å². The van der Waals surface area contributed by atoms with Crippen LogP contribution in [0.3, 0.4) is 0 Å². The molecule has 0 unspecified atom stereocenters. The third kappa shape index (κ3) is 2.81. The molecule has 8 heteroatoms. The number of nitrogens with two attached hydrogens (primary N) is 1. The molecule has 2 aromatic rings. The van der Waals surface area contributed by atoms with Crippen LogP contribution in [0.5, 0.6) is 0 Å². The molecule has 3 N–H and O–H groups in total. The minimum atomic E-state index is 0.195. The molecule has 0 spiro atoms. The van der Waals surface area contributed by atoms with Crippen molar-refractivity contribution in [2.24, 2.45) is 0 Å². The van der Waals surface area contributed by atoms with Crippen molar-refractivity contribution in [3.8, 4) is 5.82 Å². The Labute approximate surface area is 122 Å². The zero-order valence-corrected chi connectivity index (χ0v) is 11.8. The summed E-state index contributed by atoms with van der Waals surface area (Å²) in [6, 6.07) is 0. The van der Waals surface area contributed by atoms with Crippen LogP contribution < -0.4 is 10.6 Å². The fourth-order valence-corrected chi connectivity index (χ4v) is 2.54. The van der Waals surface area contributed by atoms with E-state index in [1.54, 1.807) is 17.1 Å². The molecule has 3 rings (SSSR count). The van der Waals surface area contributed by atoms with Crippen molar-refractivity contribution in [2.75, 3.05) is 50.0 Å². The van der Waals surface area contributed by atoms with E-state index in [-0.39, 0.29) is 6.61 Å². The summed E-state index contributed by atoms with van der Waals surface area (Å²) in [6.45, 7) is 4.37. The van der Waals surface area contributed by atoms with E-state index in [4.69, 9.17) is 10.8 Å². The summed E-state index contributed by atoms with van der Waals surface area (Å²) in [7, 11) is 0. The third-order valence-electron chi connectivity index (χ3n) is 3.68. The maximum absolute atomic E-state index is 8.98. The fraction of sp³-hybridized carbons (Fsp3) is 0.462. The zero-order valence-electron chi connectivity index (χ0n) is 11.8. The van der Waals surface area contributed by atoms with Crippen LogP contribution >= 0.6 is 0 Å². The smallest absolute Gasteiger partial charge is 0.166 e. The van der Waals surface area contributed by atoms with E-state index < -0.39 is 0 Å². The van der Waals surface area contributed by atoms with Crippen molar-refractivity contribution < 1.29 is 5.11 Å². The molecule has 0 amide bonds. The normalized spacial score (nSPS) is 16.3. The SMILES string of the molecule is Nc1c(N2CCN(CCO)CC2)ncnc1-n1ccnc1. The molecular formula is C13H19N7O. The summed E-state index contributed by atoms with van der Waals surface area (Å²) in [5.41, 5.74) is 6.79. The lowest BCUT2D eigenvalue weighted by Gasteiger charge is -2.35. The van der Waals surface area contributed by atoms with Crippen LogP contribution in [0.15, 0.2) is 25.0 Å². The van der Waals surface area contributed by atoms with Crippen LogP contribution in [0.25, 0.3) is 5.82 Å². The molecule has 112 valence electrons. The van der Waals surface area contributed by atoms with E-state index in [1.807, 2.05) is 6.20 Å². The van der Waals surface area contributed by atoms with Gasteiger partial charge < -0.3 is 15.7 Å². The van der Waals surface area contributed by atoms with Crippen molar-refractivity contribution >= 4 is 11.5 Å². The molecule has 1 aliphatic rings. The first-order valence-corrected chi connectivity index (χ1v) is 6.96. The molecule has 0 atom stereocenters. The van der Waals surface area contributed by atoms with Crippen LogP contribution in [-0.4, -0.2) is 68.9 Å². The van der Waals surface area contributed by atoms with Crippen LogP contribution in [0.1, 0.15) is 0 Å². The predicted molar refractivity (Wildman–Crippen MR) is 79.3 cm³/mol. The van der Waals surface area contributed by atoms with Gasteiger partial charge in [0, 0.05) is 45.1 Å². The summed E-state index contributed by atoms with van der Waals surface area (Å²) in [5.74, 6) is 1.41. The second-order valence-corrected chi connectivity index (χ2v) is 4.96. The van der Waals surface area contributed by atoms with Crippen LogP contribution in [0.4, 0.5) is 11.5 Å². The number of aromatic nitrogens is 4. The van der Waals surface area contributed by atoms with Gasteiger partial charge in [-0.25, -0.2) is 15.0 Å². The molecule has 0 radical (unpaired) electrons. The number of nitrogen functional groups attached to an aromatic ring is 1. The van der Waals surface area contributed by atoms with Gasteiger partial charge in [-0.2, -0.15) is 0 Å². The Hall–Kier alpha value is -2.19. The van der Waals surface area contributed by atoms with Crippen LogP contribution in [0.2, 0.25) is 0 Å². The predicted octanol–water partition coefficient (Wildman–Crippen LogP) is -0.641. The first-order chi connectivity index (χ1) is 10.3. The molecule has 1 saturated heterocycles. The van der Waals surface area contributed by atoms with E-state index in [1.165, 1.54) is 6.33 Å². The lowest BCUT2D eigenvalue weighted by atomic mass is 10.3. The van der Waals surface area contributed by atoms with Gasteiger partial charge in [-0.1, -0.05) is 0 Å². The highest BCUT2D eigenvalue weighted by Crippen LogP contribution is 2.25. The Morgan fingerprint density at radius 3 is 2.57 bits per heavy atom. The molecule has 21 heavy (non-hydrogen) atoms. The van der Waals surface area contributed by atoms with E-state index >= 15 is 0 Å². The number of nitrogens with zero attached hydrogens (tertiary/aromatic N) is 6. The molecule has 0 aromatic carbocycles. The number of hydrogen-bond acceptors (Lipinski definition) is 7. The molecule has 8 nitrogen and oxygen atoms in total. The zero-order chi connectivity index (χ0) is 14.7. The van der Waals surface area contributed by atoms with Gasteiger partial charge in [0.2, 0.25) is 0 Å². The van der Waals surface area contributed by atoms with Crippen LogP contribution in [-0.2, 0) is 0 Å². The quantitative estimate of drug-likeness (QED) is 0.772. The number of piperazine rings is 1. The summed E-state index contributed by atoms with van der Waals surface area (Å²) in [6.07, 6.45) is 6.69. The van der Waals surface area contributed by atoms with Crippen molar-refractivity contribution in [3.05, 3.63) is 25.0 Å². The topological polar surface area (TPSA) is 96.3 Å². The maximum Gasteiger partial charge on any atom is 0.166 e.